The Labute approximate surface area is 200 Å². The number of methoxy groups -OCH3 is 1. The number of amides is 1. The lowest BCUT2D eigenvalue weighted by Crippen LogP contribution is -2.51. The maximum absolute atomic E-state index is 12.3. The fraction of sp³-hybridized carbons (Fsp3) is 0.375. The highest BCUT2D eigenvalue weighted by molar-refractivity contribution is 7.88. The number of carbonyl (C=O) groups is 1. The molecule has 0 aliphatic carbocycles. The van der Waals surface area contributed by atoms with Crippen molar-refractivity contribution in [1.29, 1.82) is 0 Å². The van der Waals surface area contributed by atoms with Crippen molar-refractivity contribution in [3.05, 3.63) is 58.6 Å². The van der Waals surface area contributed by atoms with Gasteiger partial charge in [0.05, 0.1) is 13.4 Å². The van der Waals surface area contributed by atoms with Crippen LogP contribution in [-0.2, 0) is 21.2 Å². The summed E-state index contributed by atoms with van der Waals surface area (Å²) in [4.78, 5) is 11.9. The number of nitrogens with zero attached hydrogens (tertiary/aromatic N) is 1. The van der Waals surface area contributed by atoms with E-state index in [9.17, 15) is 13.2 Å². The zero-order valence-corrected chi connectivity index (χ0v) is 20.7. The third-order valence-corrected chi connectivity index (χ3v) is 6.40. The van der Waals surface area contributed by atoms with Crippen LogP contribution in [0.4, 0.5) is 0 Å². The molecule has 0 heterocycles. The summed E-state index contributed by atoms with van der Waals surface area (Å²) in [6, 6.07) is 11.6. The molecule has 0 fully saturated rings. The molecule has 0 saturated heterocycles. The predicted octanol–water partition coefficient (Wildman–Crippen LogP) is 3.09. The average Bonchev–Trinajstić information content (AvgIpc) is 2.74. The van der Waals surface area contributed by atoms with Crippen molar-refractivity contribution in [2.75, 3.05) is 26.5 Å². The second kappa shape index (κ2) is 11.9. The summed E-state index contributed by atoms with van der Waals surface area (Å²) >= 11 is 5.86. The lowest BCUT2D eigenvalue weighted by Gasteiger charge is -2.30. The Balaban J connectivity index is 2.09. The van der Waals surface area contributed by atoms with Crippen LogP contribution in [0.5, 0.6) is 11.5 Å². The van der Waals surface area contributed by atoms with Gasteiger partial charge in [-0.2, -0.15) is 4.31 Å². The maximum atomic E-state index is 12.3. The number of hydrogen-bond donors (Lipinski definition) is 1. The Hall–Kier alpha value is -2.73. The van der Waals surface area contributed by atoms with Crippen LogP contribution in [0.1, 0.15) is 25.0 Å². The Bertz CT molecular complexity index is 1120. The van der Waals surface area contributed by atoms with Gasteiger partial charge in [0.2, 0.25) is 15.9 Å². The predicted molar refractivity (Wildman–Crippen MR) is 130 cm³/mol. The van der Waals surface area contributed by atoms with Gasteiger partial charge in [-0.15, -0.1) is 0 Å². The standard InChI is InChI=1S/C24H29ClN2O5S/c1-17(2)23(24(26)28)27(33(4,29)30)14-13-19-9-12-21(22(16-19)31-3)32-15-5-6-18-7-10-20(25)11-8-18/h7-12,16-17,23H,13-15H2,1-4H3,(H2,26,28)/t23-/m1/s1. The molecule has 1 amide bonds. The van der Waals surface area contributed by atoms with E-state index in [4.69, 9.17) is 26.8 Å². The molecule has 0 bridgehead atoms. The van der Waals surface area contributed by atoms with Crippen molar-refractivity contribution in [2.24, 2.45) is 11.7 Å². The minimum absolute atomic E-state index is 0.112. The summed E-state index contributed by atoms with van der Waals surface area (Å²) in [5, 5.41) is 0.649. The fourth-order valence-corrected chi connectivity index (χ4v) is 4.63. The highest BCUT2D eigenvalue weighted by Crippen LogP contribution is 2.28. The van der Waals surface area contributed by atoms with E-state index in [1.807, 2.05) is 18.2 Å². The number of benzene rings is 2. The number of hydrogen-bond acceptors (Lipinski definition) is 5. The topological polar surface area (TPSA) is 98.9 Å². The number of halogens is 1. The summed E-state index contributed by atoms with van der Waals surface area (Å²) in [7, 11) is -2.11. The van der Waals surface area contributed by atoms with Crippen molar-refractivity contribution < 1.29 is 22.7 Å². The number of primary amides is 1. The molecular weight excluding hydrogens is 464 g/mol. The Morgan fingerprint density at radius 3 is 2.36 bits per heavy atom. The Kier molecular flexibility index (Phi) is 9.59. The highest BCUT2D eigenvalue weighted by Gasteiger charge is 2.33. The monoisotopic (exact) mass is 492 g/mol. The lowest BCUT2D eigenvalue weighted by atomic mass is 10.0. The van der Waals surface area contributed by atoms with Crippen LogP contribution in [0.3, 0.4) is 0 Å². The second-order valence-electron chi connectivity index (χ2n) is 7.80. The molecule has 0 unspecified atom stereocenters. The molecule has 0 aliphatic heterocycles. The third-order valence-electron chi connectivity index (χ3n) is 4.88. The van der Waals surface area contributed by atoms with E-state index in [1.54, 1.807) is 38.1 Å². The van der Waals surface area contributed by atoms with Crippen LogP contribution in [0.15, 0.2) is 42.5 Å². The van der Waals surface area contributed by atoms with Crippen molar-refractivity contribution >= 4 is 27.5 Å². The van der Waals surface area contributed by atoms with Gasteiger partial charge in [0.15, 0.2) is 11.5 Å². The normalized spacial score (nSPS) is 12.2. The molecule has 178 valence electrons. The summed E-state index contributed by atoms with van der Waals surface area (Å²) in [5.41, 5.74) is 7.13. The maximum Gasteiger partial charge on any atom is 0.236 e. The van der Waals surface area contributed by atoms with Gasteiger partial charge in [0.1, 0.15) is 12.6 Å². The van der Waals surface area contributed by atoms with Gasteiger partial charge in [-0.1, -0.05) is 43.4 Å². The number of sulfonamides is 1. The van der Waals surface area contributed by atoms with Crippen molar-refractivity contribution in [3.63, 3.8) is 0 Å². The average molecular weight is 493 g/mol. The minimum Gasteiger partial charge on any atom is -0.493 e. The van der Waals surface area contributed by atoms with Crippen molar-refractivity contribution in [3.8, 4) is 23.3 Å². The molecule has 33 heavy (non-hydrogen) atoms. The first-order valence-corrected chi connectivity index (χ1v) is 12.6. The molecule has 2 N–H and O–H groups in total. The lowest BCUT2D eigenvalue weighted by molar-refractivity contribution is -0.122. The SMILES string of the molecule is COc1cc(CCN([C@@H](C(N)=O)C(C)C)S(C)(=O)=O)ccc1OCC#Cc1ccc(Cl)cc1. The van der Waals surface area contributed by atoms with Crippen LogP contribution in [0.25, 0.3) is 0 Å². The molecule has 0 spiro atoms. The first-order valence-electron chi connectivity index (χ1n) is 10.3. The largest absolute Gasteiger partial charge is 0.493 e. The van der Waals surface area contributed by atoms with Gasteiger partial charge in [-0.3, -0.25) is 4.79 Å². The molecule has 2 aromatic rings. The quantitative estimate of drug-likeness (QED) is 0.514. The molecule has 0 radical (unpaired) electrons. The zero-order chi connectivity index (χ0) is 24.6. The number of nitrogens with two attached hydrogens (primary N) is 1. The molecule has 2 aromatic carbocycles. The van der Waals surface area contributed by atoms with Crippen LogP contribution < -0.4 is 15.2 Å². The Morgan fingerprint density at radius 2 is 1.82 bits per heavy atom. The van der Waals surface area contributed by atoms with E-state index in [0.29, 0.717) is 22.9 Å². The van der Waals surface area contributed by atoms with E-state index in [0.717, 1.165) is 21.7 Å². The first kappa shape index (κ1) is 26.5. The highest BCUT2D eigenvalue weighted by atomic mass is 35.5. The van der Waals surface area contributed by atoms with Crippen LogP contribution in [-0.4, -0.2) is 51.2 Å². The number of carbonyl (C=O) groups excluding carboxylic acids is 1. The van der Waals surface area contributed by atoms with Gasteiger partial charge in [0, 0.05) is 17.1 Å². The molecule has 2 rings (SSSR count). The summed E-state index contributed by atoms with van der Waals surface area (Å²) in [5.74, 6) is 6.03. The van der Waals surface area contributed by atoms with Gasteiger partial charge >= 0.3 is 0 Å². The third kappa shape index (κ3) is 7.97. The minimum atomic E-state index is -3.63. The van der Waals surface area contributed by atoms with Gasteiger partial charge in [0.25, 0.3) is 0 Å². The zero-order valence-electron chi connectivity index (χ0n) is 19.2. The summed E-state index contributed by atoms with van der Waals surface area (Å²) in [6.45, 7) is 3.80. The molecule has 1 atom stereocenters. The van der Waals surface area contributed by atoms with E-state index < -0.39 is 22.0 Å². The van der Waals surface area contributed by atoms with Gasteiger partial charge in [-0.25, -0.2) is 8.42 Å². The van der Waals surface area contributed by atoms with Crippen molar-refractivity contribution in [2.45, 2.75) is 26.3 Å². The van der Waals surface area contributed by atoms with Gasteiger partial charge in [-0.05, 0) is 54.3 Å². The second-order valence-corrected chi connectivity index (χ2v) is 10.2. The van der Waals surface area contributed by atoms with Crippen LogP contribution >= 0.6 is 11.6 Å². The Morgan fingerprint density at radius 1 is 1.15 bits per heavy atom. The van der Waals surface area contributed by atoms with E-state index in [2.05, 4.69) is 11.8 Å². The van der Waals surface area contributed by atoms with Crippen LogP contribution in [0, 0.1) is 17.8 Å². The fourth-order valence-electron chi connectivity index (χ4n) is 3.33. The molecule has 0 aliphatic rings. The molecule has 0 aromatic heterocycles. The molecule has 0 saturated carbocycles. The molecule has 9 heteroatoms. The number of ether oxygens (including phenoxy) is 2. The molecule has 7 nitrogen and oxygen atoms in total. The summed E-state index contributed by atoms with van der Waals surface area (Å²) in [6.07, 6.45) is 1.45. The first-order chi connectivity index (χ1) is 15.5. The summed E-state index contributed by atoms with van der Waals surface area (Å²) < 4.78 is 36.9. The smallest absolute Gasteiger partial charge is 0.236 e. The van der Waals surface area contributed by atoms with E-state index >= 15 is 0 Å². The number of rotatable bonds is 10. The van der Waals surface area contributed by atoms with Gasteiger partial charge < -0.3 is 15.2 Å². The van der Waals surface area contributed by atoms with Crippen molar-refractivity contribution in [1.82, 2.24) is 4.31 Å². The van der Waals surface area contributed by atoms with E-state index in [1.165, 1.54) is 7.11 Å². The molecular formula is C24H29ClN2O5S. The van der Waals surface area contributed by atoms with E-state index in [-0.39, 0.29) is 19.1 Å². The van der Waals surface area contributed by atoms with Crippen LogP contribution in [0.2, 0.25) is 5.02 Å².